The molecule has 2 rings (SSSR count). The molecule has 21 heavy (non-hydrogen) atoms. The van der Waals surface area contributed by atoms with Gasteiger partial charge in [-0.15, -0.1) is 0 Å². The van der Waals surface area contributed by atoms with Gasteiger partial charge < -0.3 is 5.32 Å². The molecule has 0 heterocycles. The van der Waals surface area contributed by atoms with Crippen molar-refractivity contribution in [3.8, 4) is 0 Å². The van der Waals surface area contributed by atoms with Crippen LogP contribution in [0.1, 0.15) is 29.5 Å². The third kappa shape index (κ3) is 4.47. The van der Waals surface area contributed by atoms with Crippen LogP contribution in [0.25, 0.3) is 0 Å². The molecule has 0 radical (unpaired) electrons. The van der Waals surface area contributed by atoms with Crippen LogP contribution < -0.4 is 5.32 Å². The highest BCUT2D eigenvalue weighted by Gasteiger charge is 2.15. The summed E-state index contributed by atoms with van der Waals surface area (Å²) < 4.78 is 0. The van der Waals surface area contributed by atoms with Crippen LogP contribution in [0.4, 0.5) is 0 Å². The van der Waals surface area contributed by atoms with Crippen LogP contribution in [-0.4, -0.2) is 13.1 Å². The average molecular weight is 322 g/mol. The molecule has 0 aromatic heterocycles. The van der Waals surface area contributed by atoms with Crippen LogP contribution in [0.15, 0.2) is 42.5 Å². The Morgan fingerprint density at radius 2 is 1.76 bits per heavy atom. The van der Waals surface area contributed by atoms with Crippen molar-refractivity contribution >= 4 is 23.2 Å². The third-order valence-electron chi connectivity index (χ3n) is 3.69. The Labute approximate surface area is 137 Å². The summed E-state index contributed by atoms with van der Waals surface area (Å²) in [4.78, 5) is 0. The molecule has 112 valence electrons. The summed E-state index contributed by atoms with van der Waals surface area (Å²) in [5.74, 6) is 0.390. The Balaban J connectivity index is 2.23. The van der Waals surface area contributed by atoms with Gasteiger partial charge in [-0.2, -0.15) is 0 Å². The van der Waals surface area contributed by atoms with Crippen LogP contribution in [-0.2, 0) is 6.42 Å². The zero-order chi connectivity index (χ0) is 15.2. The van der Waals surface area contributed by atoms with Gasteiger partial charge in [-0.25, -0.2) is 0 Å². The van der Waals surface area contributed by atoms with Gasteiger partial charge in [-0.3, -0.25) is 0 Å². The van der Waals surface area contributed by atoms with Gasteiger partial charge in [0.15, 0.2) is 0 Å². The van der Waals surface area contributed by atoms with Crippen molar-refractivity contribution in [1.29, 1.82) is 0 Å². The Hall–Kier alpha value is -1.02. The molecule has 0 aliphatic rings. The lowest BCUT2D eigenvalue weighted by atomic mass is 9.91. The number of likely N-dealkylation sites (N-methyl/N-ethyl adjacent to an activating group) is 1. The number of hydrogen-bond acceptors (Lipinski definition) is 1. The van der Waals surface area contributed by atoms with E-state index in [-0.39, 0.29) is 0 Å². The first-order valence-electron chi connectivity index (χ1n) is 7.32. The monoisotopic (exact) mass is 321 g/mol. The molecule has 0 aliphatic heterocycles. The smallest absolute Gasteiger partial charge is 0.0624 e. The van der Waals surface area contributed by atoms with Crippen molar-refractivity contribution in [2.24, 2.45) is 0 Å². The largest absolute Gasteiger partial charge is 0.316 e. The molecular weight excluding hydrogens is 301 g/mol. The average Bonchev–Trinajstić information content (AvgIpc) is 2.49. The summed E-state index contributed by atoms with van der Waals surface area (Å²) >= 11 is 12.5. The van der Waals surface area contributed by atoms with Crippen LogP contribution in [0, 0.1) is 6.92 Å². The predicted octanol–water partition coefficient (Wildman–Crippen LogP) is 5.24. The van der Waals surface area contributed by atoms with Crippen LogP contribution in [0.5, 0.6) is 0 Å². The maximum absolute atomic E-state index is 6.33. The first-order valence-corrected chi connectivity index (χ1v) is 8.07. The van der Waals surface area contributed by atoms with E-state index in [0.717, 1.165) is 25.1 Å². The summed E-state index contributed by atoms with van der Waals surface area (Å²) in [5, 5.41) is 4.74. The summed E-state index contributed by atoms with van der Waals surface area (Å²) in [6, 6.07) is 14.6. The quantitative estimate of drug-likeness (QED) is 0.767. The van der Waals surface area contributed by atoms with E-state index in [9.17, 15) is 0 Å². The number of rotatable bonds is 6. The van der Waals surface area contributed by atoms with Gasteiger partial charge in [0.25, 0.3) is 0 Å². The van der Waals surface area contributed by atoms with E-state index >= 15 is 0 Å². The van der Waals surface area contributed by atoms with Gasteiger partial charge in [0.2, 0.25) is 0 Å². The second-order valence-corrected chi connectivity index (χ2v) is 6.12. The van der Waals surface area contributed by atoms with E-state index in [1.807, 2.05) is 12.1 Å². The van der Waals surface area contributed by atoms with Gasteiger partial charge >= 0.3 is 0 Å². The molecule has 1 atom stereocenters. The van der Waals surface area contributed by atoms with Crippen LogP contribution in [0.2, 0.25) is 10.0 Å². The molecule has 0 aliphatic carbocycles. The molecule has 0 bridgehead atoms. The Morgan fingerprint density at radius 1 is 1.05 bits per heavy atom. The van der Waals surface area contributed by atoms with Gasteiger partial charge in [-0.1, -0.05) is 72.1 Å². The van der Waals surface area contributed by atoms with Crippen molar-refractivity contribution in [3.63, 3.8) is 0 Å². The highest BCUT2D eigenvalue weighted by atomic mass is 35.5. The Morgan fingerprint density at radius 3 is 2.43 bits per heavy atom. The minimum atomic E-state index is 0.390. The molecule has 2 aromatic rings. The molecule has 1 nitrogen and oxygen atoms in total. The van der Waals surface area contributed by atoms with E-state index in [0.29, 0.717) is 16.0 Å². The Bertz CT molecular complexity index is 578. The number of halogens is 2. The molecule has 1 unspecified atom stereocenters. The van der Waals surface area contributed by atoms with Crippen LogP contribution in [0.3, 0.4) is 0 Å². The summed E-state index contributed by atoms with van der Waals surface area (Å²) in [6.45, 7) is 6.13. The van der Waals surface area contributed by atoms with Crippen molar-refractivity contribution in [1.82, 2.24) is 5.32 Å². The normalized spacial score (nSPS) is 12.4. The molecular formula is C18H21Cl2N. The molecule has 0 amide bonds. The fraction of sp³-hybridized carbons (Fsp3) is 0.333. The number of aryl methyl sites for hydroxylation is 1. The van der Waals surface area contributed by atoms with Crippen molar-refractivity contribution in [2.75, 3.05) is 13.1 Å². The summed E-state index contributed by atoms with van der Waals surface area (Å²) in [7, 11) is 0. The molecule has 0 saturated heterocycles. The van der Waals surface area contributed by atoms with Gasteiger partial charge in [-0.05, 0) is 37.1 Å². The van der Waals surface area contributed by atoms with E-state index in [1.165, 1.54) is 11.1 Å². The first kappa shape index (κ1) is 16.4. The lowest BCUT2D eigenvalue weighted by molar-refractivity contribution is 0.595. The standard InChI is InChI=1S/C18H21Cl2N/c1-3-21-12-16(14-9-7-13(2)8-10-14)11-15-5-4-6-17(19)18(15)20/h4-10,16,21H,3,11-12H2,1-2H3. The number of hydrogen-bond donors (Lipinski definition) is 1. The second kappa shape index (κ2) is 7.84. The van der Waals surface area contributed by atoms with E-state index in [1.54, 1.807) is 0 Å². The number of nitrogens with one attached hydrogen (secondary N) is 1. The van der Waals surface area contributed by atoms with E-state index < -0.39 is 0 Å². The van der Waals surface area contributed by atoms with Gasteiger partial charge in [0.1, 0.15) is 0 Å². The van der Waals surface area contributed by atoms with Crippen molar-refractivity contribution in [3.05, 3.63) is 69.2 Å². The predicted molar refractivity (Wildman–Crippen MR) is 92.6 cm³/mol. The minimum absolute atomic E-state index is 0.390. The highest BCUT2D eigenvalue weighted by Crippen LogP contribution is 2.30. The number of benzene rings is 2. The molecule has 0 fully saturated rings. The summed E-state index contributed by atoms with van der Waals surface area (Å²) in [6.07, 6.45) is 0.884. The molecule has 3 heteroatoms. The van der Waals surface area contributed by atoms with E-state index in [4.69, 9.17) is 23.2 Å². The highest BCUT2D eigenvalue weighted by molar-refractivity contribution is 6.42. The molecule has 1 N–H and O–H groups in total. The van der Waals surface area contributed by atoms with Crippen molar-refractivity contribution in [2.45, 2.75) is 26.2 Å². The maximum atomic E-state index is 6.33. The van der Waals surface area contributed by atoms with Gasteiger partial charge in [0, 0.05) is 12.5 Å². The van der Waals surface area contributed by atoms with Crippen LogP contribution >= 0.6 is 23.2 Å². The van der Waals surface area contributed by atoms with Gasteiger partial charge in [0.05, 0.1) is 10.0 Å². The zero-order valence-electron chi connectivity index (χ0n) is 12.5. The van der Waals surface area contributed by atoms with Crippen molar-refractivity contribution < 1.29 is 0 Å². The zero-order valence-corrected chi connectivity index (χ0v) is 14.0. The fourth-order valence-corrected chi connectivity index (χ4v) is 2.83. The summed E-state index contributed by atoms with van der Waals surface area (Å²) in [5.41, 5.74) is 3.71. The lowest BCUT2D eigenvalue weighted by Crippen LogP contribution is -2.22. The first-order chi connectivity index (χ1) is 10.1. The third-order valence-corrected chi connectivity index (χ3v) is 4.55. The Kier molecular flexibility index (Phi) is 6.10. The van der Waals surface area contributed by atoms with E-state index in [2.05, 4.69) is 49.5 Å². The maximum Gasteiger partial charge on any atom is 0.0624 e. The molecule has 0 saturated carbocycles. The SMILES string of the molecule is CCNCC(Cc1cccc(Cl)c1Cl)c1ccc(C)cc1. The topological polar surface area (TPSA) is 12.0 Å². The molecule has 0 spiro atoms. The lowest BCUT2D eigenvalue weighted by Gasteiger charge is -2.19. The fourth-order valence-electron chi connectivity index (χ4n) is 2.44. The molecule has 2 aromatic carbocycles. The minimum Gasteiger partial charge on any atom is -0.316 e. The second-order valence-electron chi connectivity index (χ2n) is 5.33.